The molecule has 0 saturated heterocycles. The van der Waals surface area contributed by atoms with Crippen LogP contribution in [0.5, 0.6) is 5.75 Å². The summed E-state index contributed by atoms with van der Waals surface area (Å²) in [6, 6.07) is 10.3. The average molecular weight is 311 g/mol. The Morgan fingerprint density at radius 3 is 2.57 bits per heavy atom. The highest BCUT2D eigenvalue weighted by atomic mass is 16.5. The lowest BCUT2D eigenvalue weighted by atomic mass is 10.2. The molecular formula is C17H17N3O3. The van der Waals surface area contributed by atoms with Crippen molar-refractivity contribution in [1.29, 1.82) is 0 Å². The molecule has 0 bridgehead atoms. The summed E-state index contributed by atoms with van der Waals surface area (Å²) >= 11 is 0. The van der Waals surface area contributed by atoms with Crippen molar-refractivity contribution in [2.75, 3.05) is 17.7 Å². The fourth-order valence-electron chi connectivity index (χ4n) is 2.15. The van der Waals surface area contributed by atoms with E-state index in [9.17, 15) is 9.59 Å². The number of hydrogen-bond acceptors (Lipinski definition) is 4. The van der Waals surface area contributed by atoms with Gasteiger partial charge in [0.1, 0.15) is 11.6 Å². The maximum absolute atomic E-state index is 12.3. The largest absolute Gasteiger partial charge is 0.496 e. The zero-order valence-corrected chi connectivity index (χ0v) is 12.7. The third-order valence-electron chi connectivity index (χ3n) is 3.57. The second kappa shape index (κ2) is 6.48. The first kappa shape index (κ1) is 15.0. The second-order valence-electron chi connectivity index (χ2n) is 5.35. The van der Waals surface area contributed by atoms with Crippen molar-refractivity contribution in [3.63, 3.8) is 0 Å². The first-order valence-corrected chi connectivity index (χ1v) is 7.38. The summed E-state index contributed by atoms with van der Waals surface area (Å²) in [6.07, 6.45) is 3.40. The standard InChI is InChI=1S/C17H17N3O3/c1-23-14-5-3-2-4-13(14)17(22)19-12-8-9-15(18-10-12)20-16(21)11-6-7-11/h2-5,8-11H,6-7H2,1H3,(H,19,22)(H,18,20,21). The molecule has 118 valence electrons. The molecule has 2 aromatic rings. The van der Waals surface area contributed by atoms with Gasteiger partial charge in [-0.15, -0.1) is 0 Å². The summed E-state index contributed by atoms with van der Waals surface area (Å²) in [5.74, 6) is 0.840. The molecule has 1 aromatic carbocycles. The highest BCUT2D eigenvalue weighted by Crippen LogP contribution is 2.30. The molecule has 23 heavy (non-hydrogen) atoms. The van der Waals surface area contributed by atoms with Crippen LogP contribution >= 0.6 is 0 Å². The van der Waals surface area contributed by atoms with E-state index in [1.807, 2.05) is 0 Å². The third-order valence-corrected chi connectivity index (χ3v) is 3.57. The topological polar surface area (TPSA) is 80.3 Å². The van der Waals surface area contributed by atoms with Crippen LogP contribution in [0.15, 0.2) is 42.6 Å². The fourth-order valence-corrected chi connectivity index (χ4v) is 2.15. The van der Waals surface area contributed by atoms with Gasteiger partial charge in [-0.1, -0.05) is 12.1 Å². The van der Waals surface area contributed by atoms with Gasteiger partial charge in [0.2, 0.25) is 5.91 Å². The Bertz CT molecular complexity index is 724. The monoisotopic (exact) mass is 311 g/mol. The Labute approximate surface area is 133 Å². The molecule has 1 saturated carbocycles. The number of pyridine rings is 1. The summed E-state index contributed by atoms with van der Waals surface area (Å²) in [6.45, 7) is 0. The number of carbonyl (C=O) groups excluding carboxylic acids is 2. The van der Waals surface area contributed by atoms with Gasteiger partial charge in [0, 0.05) is 5.92 Å². The first-order chi connectivity index (χ1) is 11.2. The van der Waals surface area contributed by atoms with Crippen LogP contribution in [-0.4, -0.2) is 23.9 Å². The number of benzene rings is 1. The minimum atomic E-state index is -0.279. The van der Waals surface area contributed by atoms with Gasteiger partial charge in [0.25, 0.3) is 5.91 Å². The Hall–Kier alpha value is -2.89. The van der Waals surface area contributed by atoms with Gasteiger partial charge in [0.05, 0.1) is 24.6 Å². The quantitative estimate of drug-likeness (QED) is 0.889. The lowest BCUT2D eigenvalue weighted by Crippen LogP contribution is -2.15. The predicted octanol–water partition coefficient (Wildman–Crippen LogP) is 2.69. The smallest absolute Gasteiger partial charge is 0.259 e. The van der Waals surface area contributed by atoms with Crippen molar-refractivity contribution in [2.24, 2.45) is 5.92 Å². The van der Waals surface area contributed by atoms with Crippen LogP contribution in [0.25, 0.3) is 0 Å². The van der Waals surface area contributed by atoms with Crippen LogP contribution in [0.3, 0.4) is 0 Å². The molecule has 1 aliphatic rings. The number of ether oxygens (including phenoxy) is 1. The van der Waals surface area contributed by atoms with Crippen LogP contribution in [0, 0.1) is 5.92 Å². The zero-order chi connectivity index (χ0) is 16.2. The Kier molecular flexibility index (Phi) is 4.23. The van der Waals surface area contributed by atoms with E-state index < -0.39 is 0 Å². The third kappa shape index (κ3) is 3.66. The van der Waals surface area contributed by atoms with E-state index in [1.165, 1.54) is 13.3 Å². The number of nitrogens with one attached hydrogen (secondary N) is 2. The molecule has 0 radical (unpaired) electrons. The van der Waals surface area contributed by atoms with Gasteiger partial charge >= 0.3 is 0 Å². The lowest BCUT2D eigenvalue weighted by Gasteiger charge is -2.09. The zero-order valence-electron chi connectivity index (χ0n) is 12.7. The molecule has 0 spiro atoms. The van der Waals surface area contributed by atoms with E-state index in [0.29, 0.717) is 22.8 Å². The van der Waals surface area contributed by atoms with E-state index in [0.717, 1.165) is 12.8 Å². The number of para-hydroxylation sites is 1. The number of methoxy groups -OCH3 is 1. The SMILES string of the molecule is COc1ccccc1C(=O)Nc1ccc(NC(=O)C2CC2)nc1. The first-order valence-electron chi connectivity index (χ1n) is 7.38. The van der Waals surface area contributed by atoms with E-state index in [1.54, 1.807) is 36.4 Å². The van der Waals surface area contributed by atoms with Crippen molar-refractivity contribution >= 4 is 23.3 Å². The molecule has 1 aliphatic carbocycles. The van der Waals surface area contributed by atoms with E-state index >= 15 is 0 Å². The maximum atomic E-state index is 12.3. The van der Waals surface area contributed by atoms with Crippen LogP contribution in [-0.2, 0) is 4.79 Å². The predicted molar refractivity (Wildman–Crippen MR) is 86.5 cm³/mol. The summed E-state index contributed by atoms with van der Waals surface area (Å²) in [5, 5.41) is 5.51. The Balaban J connectivity index is 1.65. The molecule has 0 atom stereocenters. The molecule has 2 amide bonds. The summed E-state index contributed by atoms with van der Waals surface area (Å²) in [7, 11) is 1.52. The molecule has 1 heterocycles. The van der Waals surface area contributed by atoms with Crippen LogP contribution in [0.4, 0.5) is 11.5 Å². The van der Waals surface area contributed by atoms with Crippen molar-refractivity contribution < 1.29 is 14.3 Å². The van der Waals surface area contributed by atoms with Crippen LogP contribution in [0.2, 0.25) is 0 Å². The number of nitrogens with zero attached hydrogens (tertiary/aromatic N) is 1. The van der Waals surface area contributed by atoms with Crippen LogP contribution in [0.1, 0.15) is 23.2 Å². The number of amides is 2. The fraction of sp³-hybridized carbons (Fsp3) is 0.235. The maximum Gasteiger partial charge on any atom is 0.259 e. The number of carbonyl (C=O) groups is 2. The normalized spacial score (nSPS) is 13.3. The molecule has 1 fully saturated rings. The van der Waals surface area contributed by atoms with E-state index in [4.69, 9.17) is 4.74 Å². The van der Waals surface area contributed by atoms with Crippen molar-refractivity contribution in [2.45, 2.75) is 12.8 Å². The molecule has 0 unspecified atom stereocenters. The van der Waals surface area contributed by atoms with Gasteiger partial charge < -0.3 is 15.4 Å². The highest BCUT2D eigenvalue weighted by Gasteiger charge is 2.29. The van der Waals surface area contributed by atoms with Gasteiger partial charge in [-0.05, 0) is 37.1 Å². The Morgan fingerprint density at radius 1 is 1.13 bits per heavy atom. The molecule has 3 rings (SSSR count). The number of hydrogen-bond donors (Lipinski definition) is 2. The molecule has 0 aliphatic heterocycles. The van der Waals surface area contributed by atoms with E-state index in [2.05, 4.69) is 15.6 Å². The molecular weight excluding hydrogens is 294 g/mol. The van der Waals surface area contributed by atoms with Gasteiger partial charge in [-0.3, -0.25) is 9.59 Å². The van der Waals surface area contributed by atoms with Gasteiger partial charge in [-0.2, -0.15) is 0 Å². The molecule has 6 nitrogen and oxygen atoms in total. The highest BCUT2D eigenvalue weighted by molar-refractivity contribution is 6.06. The minimum Gasteiger partial charge on any atom is -0.496 e. The lowest BCUT2D eigenvalue weighted by molar-refractivity contribution is -0.117. The van der Waals surface area contributed by atoms with Crippen LogP contribution < -0.4 is 15.4 Å². The minimum absolute atomic E-state index is 0.00306. The van der Waals surface area contributed by atoms with Gasteiger partial charge in [-0.25, -0.2) is 4.98 Å². The summed E-state index contributed by atoms with van der Waals surface area (Å²) in [4.78, 5) is 28.1. The summed E-state index contributed by atoms with van der Waals surface area (Å²) < 4.78 is 5.17. The van der Waals surface area contributed by atoms with Gasteiger partial charge in [0.15, 0.2) is 0 Å². The summed E-state index contributed by atoms with van der Waals surface area (Å²) in [5.41, 5.74) is 0.992. The second-order valence-corrected chi connectivity index (χ2v) is 5.35. The number of aromatic nitrogens is 1. The van der Waals surface area contributed by atoms with E-state index in [-0.39, 0.29) is 17.7 Å². The van der Waals surface area contributed by atoms with Crippen molar-refractivity contribution in [3.8, 4) is 5.75 Å². The van der Waals surface area contributed by atoms with Crippen molar-refractivity contribution in [3.05, 3.63) is 48.2 Å². The Morgan fingerprint density at radius 2 is 1.91 bits per heavy atom. The molecule has 1 aromatic heterocycles. The average Bonchev–Trinajstić information content (AvgIpc) is 3.41. The number of rotatable bonds is 5. The number of anilines is 2. The molecule has 6 heteroatoms. The molecule has 2 N–H and O–H groups in total. The van der Waals surface area contributed by atoms with Crippen molar-refractivity contribution in [1.82, 2.24) is 4.98 Å².